The van der Waals surface area contributed by atoms with Crippen LogP contribution in [0.25, 0.3) is 6.08 Å². The third kappa shape index (κ3) is 3.37. The van der Waals surface area contributed by atoms with Gasteiger partial charge in [-0.2, -0.15) is 0 Å². The summed E-state index contributed by atoms with van der Waals surface area (Å²) in [6, 6.07) is 5.17. The molecule has 106 valence electrons. The Morgan fingerprint density at radius 1 is 1.30 bits per heavy atom. The lowest BCUT2D eigenvalue weighted by Gasteiger charge is -2.18. The second-order valence-electron chi connectivity index (χ2n) is 4.15. The number of carbonyl (C=O) groups is 1. The molecule has 1 aromatic rings. The molecule has 0 spiro atoms. The third-order valence-electron chi connectivity index (χ3n) is 2.90. The molecule has 1 aliphatic heterocycles. The normalized spacial score (nSPS) is 16.7. The SMILES string of the molecule is CCN(CC)C1=NC(=Cc2ccc(Cl)cc2Cl)C(=O)S1. The van der Waals surface area contributed by atoms with Crippen LogP contribution in [0.15, 0.2) is 28.9 Å². The molecule has 6 heteroatoms. The summed E-state index contributed by atoms with van der Waals surface area (Å²) < 4.78 is 0. The maximum atomic E-state index is 12.0. The van der Waals surface area contributed by atoms with Crippen molar-refractivity contribution in [2.75, 3.05) is 13.1 Å². The molecule has 0 saturated heterocycles. The fraction of sp³-hybridized carbons (Fsp3) is 0.286. The predicted molar refractivity (Wildman–Crippen MR) is 87.4 cm³/mol. The van der Waals surface area contributed by atoms with E-state index in [9.17, 15) is 4.79 Å². The highest BCUT2D eigenvalue weighted by Gasteiger charge is 2.25. The molecular weight excluding hydrogens is 315 g/mol. The van der Waals surface area contributed by atoms with Gasteiger partial charge in [-0.1, -0.05) is 29.3 Å². The Kier molecular flexibility index (Phi) is 5.13. The van der Waals surface area contributed by atoms with Crippen LogP contribution in [-0.2, 0) is 4.79 Å². The van der Waals surface area contributed by atoms with E-state index in [1.165, 1.54) is 0 Å². The standard InChI is InChI=1S/C14H14Cl2N2OS/c1-3-18(4-2)14-17-12(13(19)20-14)7-9-5-6-10(15)8-11(9)16/h5-8H,3-4H2,1-2H3. The van der Waals surface area contributed by atoms with Gasteiger partial charge < -0.3 is 4.90 Å². The number of hydrogen-bond acceptors (Lipinski definition) is 4. The van der Waals surface area contributed by atoms with Crippen molar-refractivity contribution in [3.63, 3.8) is 0 Å². The van der Waals surface area contributed by atoms with Gasteiger partial charge in [-0.25, -0.2) is 4.99 Å². The lowest BCUT2D eigenvalue weighted by molar-refractivity contribution is -0.107. The van der Waals surface area contributed by atoms with Crippen LogP contribution < -0.4 is 0 Å². The summed E-state index contributed by atoms with van der Waals surface area (Å²) in [7, 11) is 0. The van der Waals surface area contributed by atoms with Gasteiger partial charge in [0.05, 0.1) is 0 Å². The highest BCUT2D eigenvalue weighted by Crippen LogP contribution is 2.29. The van der Waals surface area contributed by atoms with Crippen LogP contribution in [0.2, 0.25) is 10.0 Å². The molecule has 0 saturated carbocycles. The largest absolute Gasteiger partial charge is 0.351 e. The van der Waals surface area contributed by atoms with Gasteiger partial charge in [-0.3, -0.25) is 4.79 Å². The summed E-state index contributed by atoms with van der Waals surface area (Å²) >= 11 is 13.1. The van der Waals surface area contributed by atoms with Crippen molar-refractivity contribution in [3.8, 4) is 0 Å². The van der Waals surface area contributed by atoms with E-state index >= 15 is 0 Å². The first-order chi connectivity index (χ1) is 9.55. The topological polar surface area (TPSA) is 32.7 Å². The van der Waals surface area contributed by atoms with Gasteiger partial charge in [0, 0.05) is 23.1 Å². The van der Waals surface area contributed by atoms with E-state index in [0.29, 0.717) is 15.7 Å². The van der Waals surface area contributed by atoms with Crippen LogP contribution in [0, 0.1) is 0 Å². The Morgan fingerprint density at radius 2 is 2.00 bits per heavy atom. The molecule has 0 fully saturated rings. The summed E-state index contributed by atoms with van der Waals surface area (Å²) in [5.74, 6) is 0. The van der Waals surface area contributed by atoms with Crippen LogP contribution in [0.3, 0.4) is 0 Å². The minimum atomic E-state index is -0.0575. The Bertz CT molecular complexity index is 595. The van der Waals surface area contributed by atoms with Gasteiger partial charge in [0.15, 0.2) is 5.17 Å². The summed E-state index contributed by atoms with van der Waals surface area (Å²) in [5.41, 5.74) is 1.16. The smallest absolute Gasteiger partial charge is 0.245 e. The Morgan fingerprint density at radius 3 is 2.60 bits per heavy atom. The first-order valence-electron chi connectivity index (χ1n) is 6.27. The van der Waals surface area contributed by atoms with Gasteiger partial charge in [0.2, 0.25) is 5.12 Å². The molecule has 20 heavy (non-hydrogen) atoms. The summed E-state index contributed by atoms with van der Waals surface area (Å²) in [6.07, 6.45) is 1.70. The molecule has 0 amide bonds. The van der Waals surface area contributed by atoms with Crippen molar-refractivity contribution in [2.45, 2.75) is 13.8 Å². The maximum Gasteiger partial charge on any atom is 0.245 e. The molecule has 0 unspecified atom stereocenters. The fourth-order valence-corrected chi connectivity index (χ4v) is 3.16. The molecule has 1 heterocycles. The fourth-order valence-electron chi connectivity index (χ4n) is 1.79. The minimum absolute atomic E-state index is 0.0575. The van der Waals surface area contributed by atoms with Crippen LogP contribution >= 0.6 is 35.0 Å². The number of benzene rings is 1. The summed E-state index contributed by atoms with van der Waals surface area (Å²) in [5, 5.41) is 1.76. The summed E-state index contributed by atoms with van der Waals surface area (Å²) in [6.45, 7) is 5.72. The number of rotatable bonds is 3. The highest BCUT2D eigenvalue weighted by atomic mass is 35.5. The average Bonchev–Trinajstić information content (AvgIpc) is 2.76. The molecular formula is C14H14Cl2N2OS. The molecule has 1 aliphatic rings. The van der Waals surface area contributed by atoms with Crippen molar-refractivity contribution in [1.82, 2.24) is 4.90 Å². The number of hydrogen-bond donors (Lipinski definition) is 0. The zero-order chi connectivity index (χ0) is 14.7. The molecule has 0 aromatic heterocycles. The highest BCUT2D eigenvalue weighted by molar-refractivity contribution is 8.27. The van der Waals surface area contributed by atoms with Gasteiger partial charge in [-0.05, 0) is 49.4 Å². The second-order valence-corrected chi connectivity index (χ2v) is 5.94. The van der Waals surface area contributed by atoms with Gasteiger partial charge in [-0.15, -0.1) is 0 Å². The molecule has 0 bridgehead atoms. The van der Waals surface area contributed by atoms with Crippen LogP contribution in [0.1, 0.15) is 19.4 Å². The average molecular weight is 329 g/mol. The molecule has 1 aromatic carbocycles. The van der Waals surface area contributed by atoms with Crippen molar-refractivity contribution >= 4 is 51.3 Å². The monoisotopic (exact) mass is 328 g/mol. The Labute approximate surface area is 132 Å². The van der Waals surface area contributed by atoms with E-state index in [4.69, 9.17) is 23.2 Å². The van der Waals surface area contributed by atoms with E-state index in [1.807, 2.05) is 18.7 Å². The quantitative estimate of drug-likeness (QED) is 0.775. The third-order valence-corrected chi connectivity index (χ3v) is 4.39. The van der Waals surface area contributed by atoms with Gasteiger partial charge >= 0.3 is 0 Å². The number of aliphatic imine (C=N–C) groups is 1. The number of carbonyl (C=O) groups excluding carboxylic acids is 1. The van der Waals surface area contributed by atoms with Crippen molar-refractivity contribution in [1.29, 1.82) is 0 Å². The first kappa shape index (κ1) is 15.4. The van der Waals surface area contributed by atoms with Crippen molar-refractivity contribution in [2.24, 2.45) is 4.99 Å². The lowest BCUT2D eigenvalue weighted by atomic mass is 10.2. The zero-order valence-corrected chi connectivity index (χ0v) is 13.5. The first-order valence-corrected chi connectivity index (χ1v) is 7.85. The zero-order valence-electron chi connectivity index (χ0n) is 11.2. The number of amidine groups is 1. The van der Waals surface area contributed by atoms with Crippen molar-refractivity contribution < 1.29 is 4.79 Å². The Hall–Kier alpha value is -0.970. The maximum absolute atomic E-state index is 12.0. The van der Waals surface area contributed by atoms with Crippen LogP contribution in [0.5, 0.6) is 0 Å². The lowest BCUT2D eigenvalue weighted by Crippen LogP contribution is -2.27. The molecule has 0 radical (unpaired) electrons. The Balaban J connectivity index is 2.32. The van der Waals surface area contributed by atoms with E-state index in [-0.39, 0.29) is 5.12 Å². The minimum Gasteiger partial charge on any atom is -0.351 e. The van der Waals surface area contributed by atoms with Gasteiger partial charge in [0.1, 0.15) is 5.70 Å². The number of thioether (sulfide) groups is 1. The molecule has 0 aliphatic carbocycles. The molecule has 3 nitrogen and oxygen atoms in total. The van der Waals surface area contributed by atoms with E-state index in [2.05, 4.69) is 4.99 Å². The predicted octanol–water partition coefficient (Wildman–Crippen LogP) is 4.31. The number of nitrogens with zero attached hydrogens (tertiary/aromatic N) is 2. The second kappa shape index (κ2) is 6.66. The van der Waals surface area contributed by atoms with E-state index in [1.54, 1.807) is 24.3 Å². The molecule has 0 atom stereocenters. The van der Waals surface area contributed by atoms with Crippen LogP contribution in [0.4, 0.5) is 0 Å². The van der Waals surface area contributed by atoms with E-state index in [0.717, 1.165) is 35.6 Å². The molecule has 0 N–H and O–H groups in total. The van der Waals surface area contributed by atoms with Crippen molar-refractivity contribution in [3.05, 3.63) is 39.5 Å². The van der Waals surface area contributed by atoms with Gasteiger partial charge in [0.25, 0.3) is 0 Å². The van der Waals surface area contributed by atoms with E-state index < -0.39 is 0 Å². The number of halogens is 2. The molecule has 2 rings (SSSR count). The summed E-state index contributed by atoms with van der Waals surface area (Å²) in [4.78, 5) is 18.4. The van der Waals surface area contributed by atoms with Crippen LogP contribution in [-0.4, -0.2) is 28.3 Å².